The molecular weight excluding hydrogens is 397 g/mol. The molecule has 156 valence electrons. The molecule has 1 atom stereocenters. The monoisotopic (exact) mass is 416 g/mol. The third-order valence-corrected chi connectivity index (χ3v) is 4.82. The lowest BCUT2D eigenvalue weighted by atomic mass is 10.1. The van der Waals surface area contributed by atoms with Gasteiger partial charge in [-0.05, 0) is 29.7 Å². The minimum absolute atomic E-state index is 0.0892. The van der Waals surface area contributed by atoms with Gasteiger partial charge in [0.05, 0.1) is 24.4 Å². The lowest BCUT2D eigenvalue weighted by Crippen LogP contribution is -2.32. The molecule has 0 spiro atoms. The van der Waals surface area contributed by atoms with E-state index in [-0.39, 0.29) is 12.2 Å². The molecule has 0 unspecified atom stereocenters. The average molecular weight is 416 g/mol. The van der Waals surface area contributed by atoms with Crippen LogP contribution in [0.2, 0.25) is 0 Å². The van der Waals surface area contributed by atoms with Crippen molar-refractivity contribution in [3.05, 3.63) is 82.9 Å². The van der Waals surface area contributed by atoms with Gasteiger partial charge >= 0.3 is 6.18 Å². The number of rotatable bonds is 5. The Labute approximate surface area is 170 Å². The Morgan fingerprint density at radius 2 is 2.00 bits per heavy atom. The minimum Gasteiger partial charge on any atom is -0.370 e. The Morgan fingerprint density at radius 1 is 1.20 bits per heavy atom. The highest BCUT2D eigenvalue weighted by Gasteiger charge is 2.31. The summed E-state index contributed by atoms with van der Waals surface area (Å²) in [5, 5.41) is 7.29. The predicted octanol–water partition coefficient (Wildman–Crippen LogP) is 3.39. The molecular formula is C21H19F3N4O2. The Bertz CT molecular complexity index is 1020. The standard InChI is InChI=1S/C21H19F3N4O2/c22-21(23,24)16-6-7-17(25-10-16)20(29)26-11-18-19-15(8-9-30-18)13-28(27-19)12-14-4-2-1-3-5-14/h1-7,10,13,18H,8-9,11-12H2,(H,26,29)/t18-/m1/s1. The summed E-state index contributed by atoms with van der Waals surface area (Å²) < 4.78 is 45.5. The molecule has 1 aliphatic heterocycles. The van der Waals surface area contributed by atoms with E-state index in [1.165, 1.54) is 0 Å². The van der Waals surface area contributed by atoms with Crippen LogP contribution in [-0.2, 0) is 23.9 Å². The van der Waals surface area contributed by atoms with Crippen LogP contribution < -0.4 is 5.32 Å². The van der Waals surface area contributed by atoms with Gasteiger partial charge in [0.15, 0.2) is 0 Å². The molecule has 4 rings (SSSR count). The van der Waals surface area contributed by atoms with Gasteiger partial charge in [0.25, 0.3) is 5.91 Å². The first-order valence-electron chi connectivity index (χ1n) is 9.43. The van der Waals surface area contributed by atoms with Crippen LogP contribution in [0.15, 0.2) is 54.9 Å². The van der Waals surface area contributed by atoms with Crippen LogP contribution in [0.3, 0.4) is 0 Å². The maximum Gasteiger partial charge on any atom is 0.417 e. The zero-order valence-corrected chi connectivity index (χ0v) is 15.9. The lowest BCUT2D eigenvalue weighted by molar-refractivity contribution is -0.137. The van der Waals surface area contributed by atoms with Gasteiger partial charge in [-0.15, -0.1) is 0 Å². The Hall–Kier alpha value is -3.20. The number of nitrogens with one attached hydrogen (secondary N) is 1. The van der Waals surface area contributed by atoms with E-state index in [4.69, 9.17) is 4.74 Å². The molecule has 1 N–H and O–H groups in total. The number of pyridine rings is 1. The summed E-state index contributed by atoms with van der Waals surface area (Å²) in [6.07, 6.45) is -1.56. The highest BCUT2D eigenvalue weighted by Crippen LogP contribution is 2.28. The number of alkyl halides is 3. The van der Waals surface area contributed by atoms with Crippen molar-refractivity contribution >= 4 is 5.91 Å². The minimum atomic E-state index is -4.49. The number of benzene rings is 1. The lowest BCUT2D eigenvalue weighted by Gasteiger charge is -2.22. The van der Waals surface area contributed by atoms with Crippen LogP contribution in [0.1, 0.15) is 39.0 Å². The summed E-state index contributed by atoms with van der Waals surface area (Å²) in [5.74, 6) is -0.567. The molecule has 3 heterocycles. The van der Waals surface area contributed by atoms with Crippen molar-refractivity contribution < 1.29 is 22.7 Å². The van der Waals surface area contributed by atoms with Gasteiger partial charge in [0.1, 0.15) is 11.8 Å². The van der Waals surface area contributed by atoms with Crippen LogP contribution in [0.4, 0.5) is 13.2 Å². The molecule has 0 radical (unpaired) electrons. The topological polar surface area (TPSA) is 69.0 Å². The number of ether oxygens (including phenoxy) is 1. The average Bonchev–Trinajstić information content (AvgIpc) is 3.15. The van der Waals surface area contributed by atoms with E-state index in [1.807, 2.05) is 41.2 Å². The van der Waals surface area contributed by atoms with Crippen molar-refractivity contribution in [3.8, 4) is 0 Å². The molecule has 0 bridgehead atoms. The van der Waals surface area contributed by atoms with Gasteiger partial charge in [-0.25, -0.2) is 0 Å². The maximum absolute atomic E-state index is 12.6. The Balaban J connectivity index is 1.41. The van der Waals surface area contributed by atoms with Crippen LogP contribution in [0.25, 0.3) is 0 Å². The smallest absolute Gasteiger partial charge is 0.370 e. The summed E-state index contributed by atoms with van der Waals surface area (Å²) >= 11 is 0. The van der Waals surface area contributed by atoms with E-state index >= 15 is 0 Å². The van der Waals surface area contributed by atoms with Crippen LogP contribution >= 0.6 is 0 Å². The summed E-state index contributed by atoms with van der Waals surface area (Å²) in [6, 6.07) is 11.8. The first kappa shape index (κ1) is 20.1. The number of carbonyl (C=O) groups excluding carboxylic acids is 1. The Morgan fingerprint density at radius 3 is 2.70 bits per heavy atom. The van der Waals surface area contributed by atoms with Crippen molar-refractivity contribution in [2.75, 3.05) is 13.2 Å². The number of amides is 1. The summed E-state index contributed by atoms with van der Waals surface area (Å²) in [5.41, 5.74) is 1.95. The zero-order chi connectivity index (χ0) is 21.1. The van der Waals surface area contributed by atoms with Gasteiger partial charge in [-0.3, -0.25) is 14.5 Å². The number of carbonyl (C=O) groups is 1. The molecule has 2 aromatic heterocycles. The van der Waals surface area contributed by atoms with E-state index in [9.17, 15) is 18.0 Å². The van der Waals surface area contributed by atoms with E-state index in [2.05, 4.69) is 15.4 Å². The van der Waals surface area contributed by atoms with Crippen LogP contribution in [-0.4, -0.2) is 33.8 Å². The fraction of sp³-hybridized carbons (Fsp3) is 0.286. The SMILES string of the molecule is O=C(NC[C@H]1OCCc2cn(Cc3ccccc3)nc21)c1ccc(C(F)(F)F)cn1. The largest absolute Gasteiger partial charge is 0.417 e. The first-order valence-corrected chi connectivity index (χ1v) is 9.43. The van der Waals surface area contributed by atoms with Crippen LogP contribution in [0.5, 0.6) is 0 Å². The zero-order valence-electron chi connectivity index (χ0n) is 15.9. The van der Waals surface area contributed by atoms with Crippen molar-refractivity contribution in [2.45, 2.75) is 25.2 Å². The van der Waals surface area contributed by atoms with Gasteiger partial charge in [-0.2, -0.15) is 18.3 Å². The Kier molecular flexibility index (Phi) is 5.54. The molecule has 3 aromatic rings. The highest BCUT2D eigenvalue weighted by molar-refractivity contribution is 5.92. The second-order valence-electron chi connectivity index (χ2n) is 6.97. The molecule has 0 fully saturated rings. The van der Waals surface area contributed by atoms with Gasteiger partial charge in [-0.1, -0.05) is 30.3 Å². The van der Waals surface area contributed by atoms with E-state index in [1.54, 1.807) is 0 Å². The van der Waals surface area contributed by atoms with Crippen molar-refractivity contribution in [2.24, 2.45) is 0 Å². The number of hydrogen-bond acceptors (Lipinski definition) is 4. The fourth-order valence-electron chi connectivity index (χ4n) is 3.31. The molecule has 0 saturated heterocycles. The van der Waals surface area contributed by atoms with Gasteiger partial charge in [0.2, 0.25) is 0 Å². The number of nitrogens with zero attached hydrogens (tertiary/aromatic N) is 3. The first-order chi connectivity index (χ1) is 14.4. The quantitative estimate of drug-likeness (QED) is 0.692. The van der Waals surface area contributed by atoms with Gasteiger partial charge < -0.3 is 10.1 Å². The normalized spacial score (nSPS) is 16.2. The summed E-state index contributed by atoms with van der Waals surface area (Å²) in [6.45, 7) is 1.28. The maximum atomic E-state index is 12.6. The van der Waals surface area contributed by atoms with Crippen molar-refractivity contribution in [3.63, 3.8) is 0 Å². The number of aromatic nitrogens is 3. The molecule has 1 aromatic carbocycles. The van der Waals surface area contributed by atoms with Crippen molar-refractivity contribution in [1.82, 2.24) is 20.1 Å². The van der Waals surface area contributed by atoms with E-state index in [0.29, 0.717) is 19.3 Å². The van der Waals surface area contributed by atoms with Gasteiger partial charge in [0, 0.05) is 18.9 Å². The summed E-state index contributed by atoms with van der Waals surface area (Å²) in [7, 11) is 0. The number of fused-ring (bicyclic) bond motifs is 1. The van der Waals surface area contributed by atoms with E-state index in [0.717, 1.165) is 35.4 Å². The molecule has 0 aliphatic carbocycles. The summed E-state index contributed by atoms with van der Waals surface area (Å²) in [4.78, 5) is 15.9. The molecule has 6 nitrogen and oxygen atoms in total. The molecule has 1 aliphatic rings. The fourth-order valence-corrected chi connectivity index (χ4v) is 3.31. The number of halogens is 3. The van der Waals surface area contributed by atoms with Crippen LogP contribution in [0, 0.1) is 0 Å². The third-order valence-electron chi connectivity index (χ3n) is 4.82. The highest BCUT2D eigenvalue weighted by atomic mass is 19.4. The molecule has 9 heteroatoms. The molecule has 0 saturated carbocycles. The van der Waals surface area contributed by atoms with E-state index < -0.39 is 23.8 Å². The van der Waals surface area contributed by atoms with Crippen molar-refractivity contribution in [1.29, 1.82) is 0 Å². The molecule has 1 amide bonds. The molecule has 30 heavy (non-hydrogen) atoms. The second kappa shape index (κ2) is 8.27. The second-order valence-corrected chi connectivity index (χ2v) is 6.97. The predicted molar refractivity (Wildman–Crippen MR) is 102 cm³/mol. The number of hydrogen-bond donors (Lipinski definition) is 1. The third kappa shape index (κ3) is 4.51.